The summed E-state index contributed by atoms with van der Waals surface area (Å²) in [6.45, 7) is 3.00. The minimum absolute atomic E-state index is 0.197. The van der Waals surface area contributed by atoms with Crippen molar-refractivity contribution in [2.45, 2.75) is 31.2 Å². The second-order valence-electron chi connectivity index (χ2n) is 5.53. The SMILES string of the molecule is CC[C@H](C)[C@H](NC(=O)CNS(=O)(=O)c1ccc([N+](=O)[O-])cc1)C(=O)OC. The van der Waals surface area contributed by atoms with Crippen LogP contribution in [0, 0.1) is 16.0 Å². The molecule has 0 saturated heterocycles. The number of carbonyl (C=O) groups excluding carboxylic acids is 2. The molecule has 0 saturated carbocycles. The number of rotatable bonds is 9. The number of hydrogen-bond donors (Lipinski definition) is 2. The van der Waals surface area contributed by atoms with Crippen LogP contribution in [-0.2, 0) is 24.3 Å². The number of hydrogen-bond acceptors (Lipinski definition) is 7. The summed E-state index contributed by atoms with van der Waals surface area (Å²) >= 11 is 0. The van der Waals surface area contributed by atoms with Crippen LogP contribution in [-0.4, -0.2) is 44.9 Å². The Balaban J connectivity index is 2.75. The lowest BCUT2D eigenvalue weighted by molar-refractivity contribution is -0.384. The number of ether oxygens (including phenoxy) is 1. The first kappa shape index (κ1) is 21.5. The molecule has 10 nitrogen and oxygen atoms in total. The van der Waals surface area contributed by atoms with Crippen LogP contribution in [0.3, 0.4) is 0 Å². The number of nitro benzene ring substituents is 1. The lowest BCUT2D eigenvalue weighted by Gasteiger charge is -2.21. The Kier molecular flexibility index (Phi) is 7.65. The zero-order chi connectivity index (χ0) is 19.9. The van der Waals surface area contributed by atoms with E-state index >= 15 is 0 Å². The third-order valence-electron chi connectivity index (χ3n) is 3.77. The van der Waals surface area contributed by atoms with Gasteiger partial charge in [-0.1, -0.05) is 20.3 Å². The maximum Gasteiger partial charge on any atom is 0.328 e. The van der Waals surface area contributed by atoms with Crippen molar-refractivity contribution in [3.63, 3.8) is 0 Å². The molecule has 0 aliphatic carbocycles. The second kappa shape index (κ2) is 9.25. The fraction of sp³-hybridized carbons (Fsp3) is 0.467. The molecule has 0 aromatic heterocycles. The predicted molar refractivity (Wildman–Crippen MR) is 91.7 cm³/mol. The molecule has 0 radical (unpaired) electrons. The van der Waals surface area contributed by atoms with E-state index in [1.807, 2.05) is 6.92 Å². The van der Waals surface area contributed by atoms with Gasteiger partial charge in [0.05, 0.1) is 23.5 Å². The highest BCUT2D eigenvalue weighted by Gasteiger charge is 2.27. The van der Waals surface area contributed by atoms with Crippen molar-refractivity contribution in [2.24, 2.45) is 5.92 Å². The summed E-state index contributed by atoms with van der Waals surface area (Å²) in [6.07, 6.45) is 0.606. The van der Waals surface area contributed by atoms with Gasteiger partial charge in [-0.05, 0) is 18.1 Å². The van der Waals surface area contributed by atoms with E-state index in [0.29, 0.717) is 6.42 Å². The Morgan fingerprint density at radius 1 is 1.27 bits per heavy atom. The first-order valence-corrected chi connectivity index (χ1v) is 9.22. The summed E-state index contributed by atoms with van der Waals surface area (Å²) in [7, 11) is -2.84. The quantitative estimate of drug-likeness (QED) is 0.358. The molecule has 11 heteroatoms. The van der Waals surface area contributed by atoms with Crippen LogP contribution in [0.2, 0.25) is 0 Å². The van der Waals surface area contributed by atoms with Crippen LogP contribution in [0.25, 0.3) is 0 Å². The first-order valence-electron chi connectivity index (χ1n) is 7.73. The Morgan fingerprint density at radius 2 is 1.85 bits per heavy atom. The van der Waals surface area contributed by atoms with Crippen molar-refractivity contribution in [1.29, 1.82) is 0 Å². The number of nitrogens with zero attached hydrogens (tertiary/aromatic N) is 1. The van der Waals surface area contributed by atoms with Gasteiger partial charge in [0, 0.05) is 12.1 Å². The third kappa shape index (κ3) is 5.77. The summed E-state index contributed by atoms with van der Waals surface area (Å²) in [6, 6.07) is 3.33. The van der Waals surface area contributed by atoms with Crippen molar-refractivity contribution >= 4 is 27.6 Å². The predicted octanol–water partition coefficient (Wildman–Crippen LogP) is 0.577. The van der Waals surface area contributed by atoms with Gasteiger partial charge in [0.15, 0.2) is 0 Å². The lowest BCUT2D eigenvalue weighted by Crippen LogP contribution is -2.48. The molecule has 2 N–H and O–H groups in total. The van der Waals surface area contributed by atoms with Gasteiger partial charge >= 0.3 is 5.97 Å². The highest BCUT2D eigenvalue weighted by Crippen LogP contribution is 2.15. The number of methoxy groups -OCH3 is 1. The van der Waals surface area contributed by atoms with E-state index in [9.17, 15) is 28.1 Å². The second-order valence-corrected chi connectivity index (χ2v) is 7.30. The van der Waals surface area contributed by atoms with Gasteiger partial charge in [0.1, 0.15) is 6.04 Å². The van der Waals surface area contributed by atoms with Crippen LogP contribution < -0.4 is 10.0 Å². The van der Waals surface area contributed by atoms with E-state index in [-0.39, 0.29) is 16.5 Å². The van der Waals surface area contributed by atoms with Gasteiger partial charge in [0.25, 0.3) is 5.69 Å². The van der Waals surface area contributed by atoms with E-state index < -0.39 is 39.4 Å². The van der Waals surface area contributed by atoms with Crippen molar-refractivity contribution in [3.05, 3.63) is 34.4 Å². The topological polar surface area (TPSA) is 145 Å². The molecule has 1 rings (SSSR count). The summed E-state index contributed by atoms with van der Waals surface area (Å²) in [5.74, 6) is -1.52. The molecule has 2 atom stereocenters. The van der Waals surface area contributed by atoms with E-state index in [1.54, 1.807) is 6.92 Å². The maximum atomic E-state index is 12.1. The molecule has 0 heterocycles. The smallest absolute Gasteiger partial charge is 0.328 e. The summed E-state index contributed by atoms with van der Waals surface area (Å²) in [5.41, 5.74) is -0.254. The van der Waals surface area contributed by atoms with Crippen molar-refractivity contribution in [3.8, 4) is 0 Å². The van der Waals surface area contributed by atoms with Gasteiger partial charge in [-0.15, -0.1) is 0 Å². The molecule has 144 valence electrons. The lowest BCUT2D eigenvalue weighted by atomic mass is 9.99. The van der Waals surface area contributed by atoms with Crippen LogP contribution in [0.5, 0.6) is 0 Å². The van der Waals surface area contributed by atoms with Crippen LogP contribution in [0.15, 0.2) is 29.2 Å². The fourth-order valence-electron chi connectivity index (χ4n) is 2.01. The molecule has 26 heavy (non-hydrogen) atoms. The number of sulfonamides is 1. The molecule has 1 aromatic rings. The van der Waals surface area contributed by atoms with E-state index in [1.165, 1.54) is 7.11 Å². The average Bonchev–Trinajstić information content (AvgIpc) is 2.63. The Morgan fingerprint density at radius 3 is 2.31 bits per heavy atom. The zero-order valence-corrected chi connectivity index (χ0v) is 15.4. The van der Waals surface area contributed by atoms with Gasteiger partial charge in [-0.3, -0.25) is 14.9 Å². The summed E-state index contributed by atoms with van der Waals surface area (Å²) in [4.78, 5) is 33.4. The van der Waals surface area contributed by atoms with Crippen LogP contribution >= 0.6 is 0 Å². The normalized spacial score (nSPS) is 13.5. The zero-order valence-electron chi connectivity index (χ0n) is 14.6. The Labute approximate surface area is 151 Å². The highest BCUT2D eigenvalue weighted by molar-refractivity contribution is 7.89. The standard InChI is InChI=1S/C15H21N3O7S/c1-4-10(2)14(15(20)25-3)17-13(19)9-16-26(23,24)12-7-5-11(6-8-12)18(21)22/h5-8,10,14,16H,4,9H2,1-3H3,(H,17,19)/t10-,14-/m0/s1. The Bertz CT molecular complexity index is 762. The molecule has 0 bridgehead atoms. The van der Waals surface area contributed by atoms with Crippen LogP contribution in [0.1, 0.15) is 20.3 Å². The number of esters is 1. The number of benzene rings is 1. The molecule has 1 aromatic carbocycles. The largest absolute Gasteiger partial charge is 0.467 e. The maximum absolute atomic E-state index is 12.1. The number of amides is 1. The van der Waals surface area contributed by atoms with E-state index in [0.717, 1.165) is 24.3 Å². The molecule has 0 aliphatic rings. The summed E-state index contributed by atoms with van der Waals surface area (Å²) in [5, 5.41) is 13.0. The van der Waals surface area contributed by atoms with Crippen molar-refractivity contribution < 1.29 is 27.7 Å². The van der Waals surface area contributed by atoms with Gasteiger partial charge in [-0.25, -0.2) is 17.9 Å². The molecule has 0 aliphatic heterocycles. The molecular weight excluding hydrogens is 366 g/mol. The van der Waals surface area contributed by atoms with E-state index in [4.69, 9.17) is 0 Å². The van der Waals surface area contributed by atoms with Gasteiger partial charge in [0.2, 0.25) is 15.9 Å². The third-order valence-corrected chi connectivity index (χ3v) is 5.18. The van der Waals surface area contributed by atoms with Gasteiger partial charge < -0.3 is 10.1 Å². The Hall–Kier alpha value is -2.53. The van der Waals surface area contributed by atoms with Crippen LogP contribution in [0.4, 0.5) is 5.69 Å². The minimum Gasteiger partial charge on any atom is -0.467 e. The number of carbonyl (C=O) groups is 2. The number of nitro groups is 1. The molecular formula is C15H21N3O7S. The average molecular weight is 387 g/mol. The number of non-ortho nitro benzene ring substituents is 1. The van der Waals surface area contributed by atoms with Crippen molar-refractivity contribution in [2.75, 3.05) is 13.7 Å². The first-order chi connectivity index (χ1) is 12.1. The van der Waals surface area contributed by atoms with Crippen molar-refractivity contribution in [1.82, 2.24) is 10.0 Å². The summed E-state index contributed by atoms with van der Waals surface area (Å²) < 4.78 is 31.0. The minimum atomic E-state index is -4.03. The molecule has 0 unspecified atom stereocenters. The molecule has 1 amide bonds. The monoisotopic (exact) mass is 387 g/mol. The molecule has 0 fully saturated rings. The fourth-order valence-corrected chi connectivity index (χ4v) is 2.99. The number of nitrogens with one attached hydrogen (secondary N) is 2. The van der Waals surface area contributed by atoms with Gasteiger partial charge in [-0.2, -0.15) is 0 Å². The highest BCUT2D eigenvalue weighted by atomic mass is 32.2. The molecule has 0 spiro atoms. The van der Waals surface area contributed by atoms with E-state index in [2.05, 4.69) is 14.8 Å².